The van der Waals surface area contributed by atoms with Crippen LogP contribution in [-0.4, -0.2) is 47.0 Å². The van der Waals surface area contributed by atoms with E-state index in [0.29, 0.717) is 16.1 Å². The molecule has 0 saturated carbocycles. The standard InChI is InChI=1S/C20H17ClF3NO4/c1-11(19(27)28)29-17-5-3-13(21)9-15(17)12-2-4-14(16(22)8-12)18(26)25-7-6-20(23,24)10-25/h2-5,8-9,11H,6-7,10H2,1H3,(H,27,28)/t11-/m0/s1. The molecule has 2 aromatic rings. The van der Waals surface area contributed by atoms with Crippen LogP contribution in [0.2, 0.25) is 5.02 Å². The molecule has 1 N–H and O–H groups in total. The number of carbonyl (C=O) groups is 2. The predicted octanol–water partition coefficient (Wildman–Crippen LogP) is 4.48. The molecule has 0 aromatic heterocycles. The highest BCUT2D eigenvalue weighted by molar-refractivity contribution is 6.31. The van der Waals surface area contributed by atoms with Crippen molar-refractivity contribution in [3.05, 3.63) is 52.8 Å². The Morgan fingerprint density at radius 1 is 1.24 bits per heavy atom. The van der Waals surface area contributed by atoms with Crippen LogP contribution in [0.25, 0.3) is 11.1 Å². The monoisotopic (exact) mass is 427 g/mol. The molecular formula is C20H17ClF3NO4. The number of carboxylic acids is 1. The number of aliphatic carboxylic acids is 1. The number of ether oxygens (including phenoxy) is 1. The van der Waals surface area contributed by atoms with E-state index in [1.54, 1.807) is 0 Å². The van der Waals surface area contributed by atoms with E-state index >= 15 is 0 Å². The summed E-state index contributed by atoms with van der Waals surface area (Å²) in [5.74, 6) is -5.68. The van der Waals surface area contributed by atoms with Gasteiger partial charge in [0, 0.05) is 23.6 Å². The first-order chi connectivity index (χ1) is 13.6. The van der Waals surface area contributed by atoms with Gasteiger partial charge in [-0.1, -0.05) is 17.7 Å². The minimum absolute atomic E-state index is 0.146. The molecule has 29 heavy (non-hydrogen) atoms. The average molecular weight is 428 g/mol. The van der Waals surface area contributed by atoms with Gasteiger partial charge in [0.2, 0.25) is 0 Å². The molecule has 1 atom stereocenters. The molecule has 0 bridgehead atoms. The number of carbonyl (C=O) groups excluding carboxylic acids is 1. The second kappa shape index (κ2) is 7.94. The lowest BCUT2D eigenvalue weighted by Crippen LogP contribution is -2.31. The van der Waals surface area contributed by atoms with Crippen LogP contribution in [0.5, 0.6) is 5.75 Å². The van der Waals surface area contributed by atoms with E-state index in [-0.39, 0.29) is 17.9 Å². The summed E-state index contributed by atoms with van der Waals surface area (Å²) in [4.78, 5) is 24.4. The number of likely N-dealkylation sites (tertiary alicyclic amines) is 1. The minimum atomic E-state index is -2.97. The summed E-state index contributed by atoms with van der Waals surface area (Å²) in [6.45, 7) is 0.452. The Morgan fingerprint density at radius 3 is 2.55 bits per heavy atom. The van der Waals surface area contributed by atoms with Gasteiger partial charge >= 0.3 is 5.97 Å². The molecule has 0 spiro atoms. The van der Waals surface area contributed by atoms with E-state index in [4.69, 9.17) is 21.4 Å². The Hall–Kier alpha value is -2.74. The fourth-order valence-corrected chi connectivity index (χ4v) is 3.18. The van der Waals surface area contributed by atoms with Crippen LogP contribution in [0.15, 0.2) is 36.4 Å². The fraction of sp³-hybridized carbons (Fsp3) is 0.300. The summed E-state index contributed by atoms with van der Waals surface area (Å²) in [6, 6.07) is 8.12. The molecular weight excluding hydrogens is 411 g/mol. The highest BCUT2D eigenvalue weighted by atomic mass is 35.5. The second-order valence-electron chi connectivity index (χ2n) is 6.77. The number of amides is 1. The summed E-state index contributed by atoms with van der Waals surface area (Å²) in [6.07, 6.45) is -1.61. The zero-order valence-electron chi connectivity index (χ0n) is 15.3. The molecule has 1 aliphatic heterocycles. The van der Waals surface area contributed by atoms with E-state index < -0.39 is 42.7 Å². The molecule has 0 aliphatic carbocycles. The van der Waals surface area contributed by atoms with E-state index in [9.17, 15) is 22.8 Å². The predicted molar refractivity (Wildman–Crippen MR) is 100 cm³/mol. The zero-order chi connectivity index (χ0) is 21.3. The number of hydrogen-bond acceptors (Lipinski definition) is 3. The third-order valence-electron chi connectivity index (χ3n) is 4.56. The first kappa shape index (κ1) is 21.0. The van der Waals surface area contributed by atoms with E-state index in [1.807, 2.05) is 0 Å². The van der Waals surface area contributed by atoms with Crippen LogP contribution in [-0.2, 0) is 4.79 Å². The van der Waals surface area contributed by atoms with Crippen molar-refractivity contribution in [2.24, 2.45) is 0 Å². The summed E-state index contributed by atoms with van der Waals surface area (Å²) < 4.78 is 46.7. The van der Waals surface area contributed by atoms with Gasteiger partial charge in [-0.2, -0.15) is 0 Å². The maximum Gasteiger partial charge on any atom is 0.344 e. The topological polar surface area (TPSA) is 66.8 Å². The molecule has 0 radical (unpaired) electrons. The summed E-state index contributed by atoms with van der Waals surface area (Å²) in [5.41, 5.74) is 0.298. The van der Waals surface area contributed by atoms with E-state index in [0.717, 1.165) is 11.0 Å². The summed E-state index contributed by atoms with van der Waals surface area (Å²) >= 11 is 6.00. The largest absolute Gasteiger partial charge is 0.479 e. The Bertz CT molecular complexity index is 967. The van der Waals surface area contributed by atoms with E-state index in [2.05, 4.69) is 0 Å². The molecule has 3 rings (SSSR count). The number of hydrogen-bond donors (Lipinski definition) is 1. The number of nitrogens with zero attached hydrogens (tertiary/aromatic N) is 1. The van der Waals surface area contributed by atoms with Gasteiger partial charge in [0.1, 0.15) is 11.6 Å². The van der Waals surface area contributed by atoms with Gasteiger partial charge in [0.15, 0.2) is 6.10 Å². The van der Waals surface area contributed by atoms with Crippen molar-refractivity contribution < 1.29 is 32.6 Å². The highest BCUT2D eigenvalue weighted by Gasteiger charge is 2.40. The van der Waals surface area contributed by atoms with Crippen LogP contribution in [0.4, 0.5) is 13.2 Å². The molecule has 0 unspecified atom stereocenters. The lowest BCUT2D eigenvalue weighted by atomic mass is 10.0. The number of carboxylic acid groups (broad SMARTS) is 1. The maximum absolute atomic E-state index is 14.7. The van der Waals surface area contributed by atoms with Crippen LogP contribution < -0.4 is 4.74 Å². The molecule has 5 nitrogen and oxygen atoms in total. The van der Waals surface area contributed by atoms with Crippen molar-refractivity contribution in [2.75, 3.05) is 13.1 Å². The van der Waals surface area contributed by atoms with Crippen LogP contribution in [0.3, 0.4) is 0 Å². The molecule has 1 fully saturated rings. The van der Waals surface area contributed by atoms with Crippen molar-refractivity contribution in [1.29, 1.82) is 0 Å². The number of halogens is 4. The van der Waals surface area contributed by atoms with Gasteiger partial charge in [-0.25, -0.2) is 18.0 Å². The van der Waals surface area contributed by atoms with Gasteiger partial charge < -0.3 is 14.7 Å². The van der Waals surface area contributed by atoms with E-state index in [1.165, 1.54) is 37.3 Å². The van der Waals surface area contributed by atoms with Crippen molar-refractivity contribution in [1.82, 2.24) is 4.90 Å². The average Bonchev–Trinajstić information content (AvgIpc) is 3.02. The minimum Gasteiger partial charge on any atom is -0.479 e. The molecule has 1 saturated heterocycles. The first-order valence-electron chi connectivity index (χ1n) is 8.73. The molecule has 154 valence electrons. The Balaban J connectivity index is 1.91. The van der Waals surface area contributed by atoms with Crippen molar-refractivity contribution in [3.8, 4) is 16.9 Å². The fourth-order valence-electron chi connectivity index (χ4n) is 3.01. The van der Waals surface area contributed by atoms with Gasteiger partial charge in [-0.15, -0.1) is 0 Å². The van der Waals surface area contributed by atoms with Crippen molar-refractivity contribution in [2.45, 2.75) is 25.4 Å². The third kappa shape index (κ3) is 4.64. The van der Waals surface area contributed by atoms with Gasteiger partial charge in [0.05, 0.1) is 12.1 Å². The van der Waals surface area contributed by atoms with Crippen LogP contribution in [0, 0.1) is 5.82 Å². The zero-order valence-corrected chi connectivity index (χ0v) is 16.0. The quantitative estimate of drug-likeness (QED) is 0.764. The summed E-state index contributed by atoms with van der Waals surface area (Å²) in [7, 11) is 0. The number of rotatable bonds is 5. The third-order valence-corrected chi connectivity index (χ3v) is 4.80. The Kier molecular flexibility index (Phi) is 5.75. The Labute approximate surface area is 169 Å². The SMILES string of the molecule is C[C@H](Oc1ccc(Cl)cc1-c1ccc(C(=O)N2CCC(F)(F)C2)c(F)c1)C(=O)O. The highest BCUT2D eigenvalue weighted by Crippen LogP contribution is 2.35. The van der Waals surface area contributed by atoms with Gasteiger partial charge in [-0.05, 0) is 42.8 Å². The van der Waals surface area contributed by atoms with Crippen LogP contribution >= 0.6 is 11.6 Å². The maximum atomic E-state index is 14.7. The molecule has 1 heterocycles. The normalized spacial score (nSPS) is 16.5. The lowest BCUT2D eigenvalue weighted by molar-refractivity contribution is -0.144. The smallest absolute Gasteiger partial charge is 0.344 e. The lowest BCUT2D eigenvalue weighted by Gasteiger charge is -2.18. The summed E-state index contributed by atoms with van der Waals surface area (Å²) in [5, 5.41) is 9.35. The first-order valence-corrected chi connectivity index (χ1v) is 9.11. The van der Waals surface area contributed by atoms with Crippen molar-refractivity contribution >= 4 is 23.5 Å². The number of benzene rings is 2. The molecule has 1 aliphatic rings. The van der Waals surface area contributed by atoms with Crippen molar-refractivity contribution in [3.63, 3.8) is 0 Å². The molecule has 9 heteroatoms. The number of alkyl halides is 2. The Morgan fingerprint density at radius 2 is 1.97 bits per heavy atom. The molecule has 2 aromatic carbocycles. The van der Waals surface area contributed by atoms with Gasteiger partial charge in [-0.3, -0.25) is 4.79 Å². The van der Waals surface area contributed by atoms with Crippen LogP contribution in [0.1, 0.15) is 23.7 Å². The van der Waals surface area contributed by atoms with Gasteiger partial charge in [0.25, 0.3) is 11.8 Å². The molecule has 1 amide bonds. The second-order valence-corrected chi connectivity index (χ2v) is 7.20.